The second-order valence-corrected chi connectivity index (χ2v) is 3.00. The SMILES string of the molecule is CC(N)C(C)(N)C(N)CN. The van der Waals surface area contributed by atoms with Crippen LogP contribution in [0.3, 0.4) is 0 Å². The minimum atomic E-state index is -0.561. The van der Waals surface area contributed by atoms with Crippen molar-refractivity contribution in [3.8, 4) is 0 Å². The van der Waals surface area contributed by atoms with Gasteiger partial charge >= 0.3 is 0 Å². The van der Waals surface area contributed by atoms with Crippen molar-refractivity contribution in [3.63, 3.8) is 0 Å². The molecule has 4 nitrogen and oxygen atoms in total. The van der Waals surface area contributed by atoms with Crippen LogP contribution in [0, 0.1) is 0 Å². The van der Waals surface area contributed by atoms with Gasteiger partial charge in [-0.1, -0.05) is 0 Å². The molecule has 0 heterocycles. The van der Waals surface area contributed by atoms with E-state index in [4.69, 9.17) is 22.9 Å². The zero-order chi connectivity index (χ0) is 8.36. The van der Waals surface area contributed by atoms with Crippen molar-refractivity contribution in [2.24, 2.45) is 22.9 Å². The molecule has 0 aliphatic carbocycles. The fourth-order valence-corrected chi connectivity index (χ4v) is 0.592. The highest BCUT2D eigenvalue weighted by Crippen LogP contribution is 2.06. The first-order chi connectivity index (χ1) is 4.42. The van der Waals surface area contributed by atoms with Gasteiger partial charge in [-0.25, -0.2) is 0 Å². The third-order valence-corrected chi connectivity index (χ3v) is 2.03. The smallest absolute Gasteiger partial charge is 0.0442 e. The molecule has 0 amide bonds. The summed E-state index contributed by atoms with van der Waals surface area (Å²) in [5, 5.41) is 0. The van der Waals surface area contributed by atoms with E-state index in [9.17, 15) is 0 Å². The molecule has 10 heavy (non-hydrogen) atoms. The topological polar surface area (TPSA) is 104 Å². The highest BCUT2D eigenvalue weighted by molar-refractivity contribution is 4.96. The van der Waals surface area contributed by atoms with Crippen molar-refractivity contribution in [2.75, 3.05) is 6.54 Å². The molecule has 8 N–H and O–H groups in total. The summed E-state index contributed by atoms with van der Waals surface area (Å²) in [6.07, 6.45) is 0. The lowest BCUT2D eigenvalue weighted by atomic mass is 9.87. The molecular formula is C6H18N4. The molecule has 0 aromatic carbocycles. The number of hydrogen-bond acceptors (Lipinski definition) is 4. The van der Waals surface area contributed by atoms with Crippen LogP contribution in [0.15, 0.2) is 0 Å². The Morgan fingerprint density at radius 2 is 1.80 bits per heavy atom. The Hall–Kier alpha value is -0.160. The first-order valence-corrected chi connectivity index (χ1v) is 3.43. The molecular weight excluding hydrogens is 128 g/mol. The molecule has 0 bridgehead atoms. The quantitative estimate of drug-likeness (QED) is 0.382. The fourth-order valence-electron chi connectivity index (χ4n) is 0.592. The number of rotatable bonds is 3. The van der Waals surface area contributed by atoms with Gasteiger partial charge in [-0.2, -0.15) is 0 Å². The molecule has 0 aromatic heterocycles. The van der Waals surface area contributed by atoms with Crippen LogP contribution in [-0.4, -0.2) is 24.2 Å². The van der Waals surface area contributed by atoms with Crippen molar-refractivity contribution in [1.29, 1.82) is 0 Å². The van der Waals surface area contributed by atoms with Gasteiger partial charge in [0.2, 0.25) is 0 Å². The van der Waals surface area contributed by atoms with Crippen molar-refractivity contribution in [2.45, 2.75) is 31.5 Å². The third kappa shape index (κ3) is 1.91. The predicted octanol–water partition coefficient (Wildman–Crippen LogP) is -1.66. The normalized spacial score (nSPS) is 23.4. The molecule has 0 fully saturated rings. The van der Waals surface area contributed by atoms with E-state index in [-0.39, 0.29) is 12.1 Å². The Morgan fingerprint density at radius 3 is 1.90 bits per heavy atom. The maximum atomic E-state index is 5.78. The second kappa shape index (κ2) is 3.30. The van der Waals surface area contributed by atoms with Gasteiger partial charge in [-0.3, -0.25) is 0 Å². The highest BCUT2D eigenvalue weighted by Gasteiger charge is 2.29. The van der Waals surface area contributed by atoms with Crippen molar-refractivity contribution >= 4 is 0 Å². The first kappa shape index (κ1) is 9.84. The molecule has 0 spiro atoms. The summed E-state index contributed by atoms with van der Waals surface area (Å²) in [4.78, 5) is 0. The van der Waals surface area contributed by atoms with Gasteiger partial charge in [0, 0.05) is 24.2 Å². The molecule has 0 saturated heterocycles. The van der Waals surface area contributed by atoms with Crippen LogP contribution in [0.5, 0.6) is 0 Å². The van der Waals surface area contributed by atoms with Crippen LogP contribution < -0.4 is 22.9 Å². The molecule has 62 valence electrons. The fraction of sp³-hybridized carbons (Fsp3) is 1.00. The van der Waals surface area contributed by atoms with Gasteiger partial charge in [0.25, 0.3) is 0 Å². The van der Waals surface area contributed by atoms with Crippen LogP contribution in [0.2, 0.25) is 0 Å². The lowest BCUT2D eigenvalue weighted by molar-refractivity contribution is 0.326. The largest absolute Gasteiger partial charge is 0.329 e. The van der Waals surface area contributed by atoms with Gasteiger partial charge in [0.1, 0.15) is 0 Å². The summed E-state index contributed by atoms with van der Waals surface area (Å²) in [6, 6.07) is -0.362. The summed E-state index contributed by atoms with van der Waals surface area (Å²) in [7, 11) is 0. The Morgan fingerprint density at radius 1 is 1.40 bits per heavy atom. The Balaban J connectivity index is 4.09. The summed E-state index contributed by atoms with van der Waals surface area (Å²) >= 11 is 0. The van der Waals surface area contributed by atoms with Gasteiger partial charge in [-0.05, 0) is 13.8 Å². The summed E-state index contributed by atoms with van der Waals surface area (Å²) in [5.74, 6) is 0. The second-order valence-electron chi connectivity index (χ2n) is 3.00. The number of hydrogen-bond donors (Lipinski definition) is 4. The molecule has 3 atom stereocenters. The van der Waals surface area contributed by atoms with Crippen LogP contribution in [-0.2, 0) is 0 Å². The third-order valence-electron chi connectivity index (χ3n) is 2.03. The van der Waals surface area contributed by atoms with E-state index in [1.165, 1.54) is 0 Å². The van der Waals surface area contributed by atoms with E-state index >= 15 is 0 Å². The van der Waals surface area contributed by atoms with Crippen LogP contribution in [0.4, 0.5) is 0 Å². The Labute approximate surface area is 61.9 Å². The zero-order valence-electron chi connectivity index (χ0n) is 6.67. The molecule has 4 heteroatoms. The Kier molecular flexibility index (Phi) is 3.24. The van der Waals surface area contributed by atoms with E-state index < -0.39 is 5.54 Å². The van der Waals surface area contributed by atoms with Gasteiger partial charge in [-0.15, -0.1) is 0 Å². The Bertz CT molecular complexity index is 99.9. The summed E-state index contributed by atoms with van der Waals surface area (Å²) in [6.45, 7) is 4.01. The standard InChI is InChI=1S/C6H18N4/c1-4(8)6(2,10)5(9)3-7/h4-5H,3,7-10H2,1-2H3. The van der Waals surface area contributed by atoms with E-state index in [0.717, 1.165) is 0 Å². The van der Waals surface area contributed by atoms with E-state index in [2.05, 4.69) is 0 Å². The molecule has 0 rings (SSSR count). The summed E-state index contributed by atoms with van der Waals surface area (Å²) < 4.78 is 0. The molecule has 0 aromatic rings. The van der Waals surface area contributed by atoms with Gasteiger partial charge in [0.05, 0.1) is 0 Å². The maximum Gasteiger partial charge on any atom is 0.0442 e. The molecule has 3 unspecified atom stereocenters. The lowest BCUT2D eigenvalue weighted by Crippen LogP contribution is -2.64. The van der Waals surface area contributed by atoms with Crippen LogP contribution in [0.1, 0.15) is 13.8 Å². The van der Waals surface area contributed by atoms with Crippen LogP contribution >= 0.6 is 0 Å². The van der Waals surface area contributed by atoms with E-state index in [1.807, 2.05) is 13.8 Å². The molecule has 0 radical (unpaired) electrons. The van der Waals surface area contributed by atoms with Gasteiger partial charge in [0.15, 0.2) is 0 Å². The van der Waals surface area contributed by atoms with Gasteiger partial charge < -0.3 is 22.9 Å². The molecule has 0 saturated carbocycles. The van der Waals surface area contributed by atoms with Crippen molar-refractivity contribution in [3.05, 3.63) is 0 Å². The van der Waals surface area contributed by atoms with E-state index in [1.54, 1.807) is 0 Å². The lowest BCUT2D eigenvalue weighted by Gasteiger charge is -2.34. The van der Waals surface area contributed by atoms with Crippen molar-refractivity contribution < 1.29 is 0 Å². The predicted molar refractivity (Wildman–Crippen MR) is 43.3 cm³/mol. The monoisotopic (exact) mass is 146 g/mol. The minimum Gasteiger partial charge on any atom is -0.329 e. The van der Waals surface area contributed by atoms with Crippen LogP contribution in [0.25, 0.3) is 0 Å². The minimum absolute atomic E-state index is 0.133. The highest BCUT2D eigenvalue weighted by atomic mass is 14.9. The van der Waals surface area contributed by atoms with E-state index in [0.29, 0.717) is 6.54 Å². The molecule has 0 aliphatic heterocycles. The summed E-state index contributed by atoms with van der Waals surface area (Å²) in [5.41, 5.74) is 21.8. The van der Waals surface area contributed by atoms with Crippen molar-refractivity contribution in [1.82, 2.24) is 0 Å². The first-order valence-electron chi connectivity index (χ1n) is 3.43. The number of nitrogens with two attached hydrogens (primary N) is 4. The zero-order valence-corrected chi connectivity index (χ0v) is 6.67. The average molecular weight is 146 g/mol. The maximum absolute atomic E-state index is 5.78. The average Bonchev–Trinajstić information content (AvgIpc) is 1.86. The molecule has 0 aliphatic rings.